The highest BCUT2D eigenvalue weighted by atomic mass is 16.5. The Morgan fingerprint density at radius 1 is 1.19 bits per heavy atom. The minimum Gasteiger partial charge on any atom is -0.438 e. The number of ether oxygens (including phenoxy) is 1. The van der Waals surface area contributed by atoms with Gasteiger partial charge < -0.3 is 20.8 Å². The number of aromatic nitrogens is 3. The maximum absolute atomic E-state index is 10.6. The largest absolute Gasteiger partial charge is 0.438 e. The molecule has 0 saturated carbocycles. The van der Waals surface area contributed by atoms with E-state index in [2.05, 4.69) is 25.6 Å². The summed E-state index contributed by atoms with van der Waals surface area (Å²) in [6.07, 6.45) is 5.03. The predicted octanol–water partition coefficient (Wildman–Crippen LogP) is 2.94. The smallest absolute Gasteiger partial charge is 0.233 e. The van der Waals surface area contributed by atoms with Gasteiger partial charge in [-0.1, -0.05) is 6.07 Å². The summed E-state index contributed by atoms with van der Waals surface area (Å²) >= 11 is 0. The quantitative estimate of drug-likeness (QED) is 0.447. The van der Waals surface area contributed by atoms with Crippen LogP contribution in [0.15, 0.2) is 48.8 Å². The maximum Gasteiger partial charge on any atom is 0.233 e. The second-order valence-corrected chi connectivity index (χ2v) is 5.14. The lowest BCUT2D eigenvalue weighted by Gasteiger charge is -2.13. The molecule has 8 heteroatoms. The first-order chi connectivity index (χ1) is 12.7. The van der Waals surface area contributed by atoms with Crippen molar-refractivity contribution in [2.75, 3.05) is 17.7 Å². The number of nitrogens with zero attached hydrogens (tertiary/aromatic N) is 3. The first-order valence-corrected chi connectivity index (χ1v) is 7.74. The summed E-state index contributed by atoms with van der Waals surface area (Å²) in [6, 6.07) is 10.5. The summed E-state index contributed by atoms with van der Waals surface area (Å²) in [4.78, 5) is 23.6. The molecule has 3 N–H and O–H groups in total. The van der Waals surface area contributed by atoms with Crippen LogP contribution in [-0.2, 0) is 4.79 Å². The number of benzene rings is 1. The minimum absolute atomic E-state index is 0.224. The van der Waals surface area contributed by atoms with Gasteiger partial charge in [0.25, 0.3) is 0 Å². The number of amides is 1. The third-order valence-corrected chi connectivity index (χ3v) is 3.49. The van der Waals surface area contributed by atoms with Crippen molar-refractivity contribution in [1.82, 2.24) is 15.0 Å². The summed E-state index contributed by atoms with van der Waals surface area (Å²) in [5, 5.41) is 13.2. The van der Waals surface area contributed by atoms with Crippen molar-refractivity contribution >= 4 is 24.1 Å². The molecule has 0 aliphatic heterocycles. The zero-order valence-electron chi connectivity index (χ0n) is 13.9. The first kappa shape index (κ1) is 17.0. The second-order valence-electron chi connectivity index (χ2n) is 5.14. The summed E-state index contributed by atoms with van der Waals surface area (Å²) in [5.41, 5.74) is 1.72. The molecule has 0 bridgehead atoms. The summed E-state index contributed by atoms with van der Waals surface area (Å²) < 4.78 is 5.87. The molecule has 0 fully saturated rings. The highest BCUT2D eigenvalue weighted by Gasteiger charge is 2.15. The Kier molecular flexibility index (Phi) is 5.14. The number of hydrogen-bond donors (Lipinski definition) is 3. The number of anilines is 2. The molecule has 1 aromatic carbocycles. The molecule has 8 nitrogen and oxygen atoms in total. The molecule has 0 radical (unpaired) electrons. The molecule has 26 heavy (non-hydrogen) atoms. The van der Waals surface area contributed by atoms with Gasteiger partial charge in [0.15, 0.2) is 5.82 Å². The highest BCUT2D eigenvalue weighted by molar-refractivity contribution is 5.88. The van der Waals surface area contributed by atoms with Crippen molar-refractivity contribution in [2.45, 2.75) is 0 Å². The Balaban J connectivity index is 2.05. The van der Waals surface area contributed by atoms with Gasteiger partial charge in [-0.15, -0.1) is 0 Å². The van der Waals surface area contributed by atoms with E-state index in [-0.39, 0.29) is 5.88 Å². The molecule has 1 amide bonds. The van der Waals surface area contributed by atoms with Gasteiger partial charge in [0.2, 0.25) is 12.3 Å². The van der Waals surface area contributed by atoms with Gasteiger partial charge in [-0.3, -0.25) is 9.78 Å². The molecular formula is C18H16N6O2. The molecular weight excluding hydrogens is 332 g/mol. The lowest BCUT2D eigenvalue weighted by atomic mass is 10.2. The minimum atomic E-state index is 0.224. The lowest BCUT2D eigenvalue weighted by molar-refractivity contribution is -0.105. The van der Waals surface area contributed by atoms with Crippen LogP contribution in [-0.4, -0.2) is 34.6 Å². The number of carbonyl (C=O) groups is 1. The molecule has 0 aliphatic carbocycles. The fraction of sp³-hybridized carbons (Fsp3) is 0.0556. The molecule has 0 aliphatic rings. The predicted molar refractivity (Wildman–Crippen MR) is 98.9 cm³/mol. The maximum atomic E-state index is 10.6. The molecule has 0 unspecified atom stereocenters. The van der Waals surface area contributed by atoms with E-state index in [4.69, 9.17) is 10.1 Å². The number of rotatable bonds is 7. The monoisotopic (exact) mass is 348 g/mol. The fourth-order valence-corrected chi connectivity index (χ4v) is 2.30. The Morgan fingerprint density at radius 2 is 2.08 bits per heavy atom. The third kappa shape index (κ3) is 3.64. The van der Waals surface area contributed by atoms with E-state index in [1.54, 1.807) is 49.8 Å². The van der Waals surface area contributed by atoms with Gasteiger partial charge in [-0.2, -0.15) is 4.98 Å². The first-order valence-electron chi connectivity index (χ1n) is 7.74. The van der Waals surface area contributed by atoms with E-state index in [1.807, 2.05) is 6.07 Å². The Morgan fingerprint density at radius 3 is 2.77 bits per heavy atom. The van der Waals surface area contributed by atoms with Gasteiger partial charge in [0.1, 0.15) is 11.6 Å². The fourth-order valence-electron chi connectivity index (χ4n) is 2.30. The standard InChI is InChI=1S/C18H16N6O2/c1-20-17-15(9-19)18(24-16(23-17)12-4-3-7-21-10-12)26-14-6-2-5-13(8-14)22-11-25/h2-11,19H,1H3,(H,22,25)(H,20,23,24). The molecule has 130 valence electrons. The average molecular weight is 348 g/mol. The van der Waals surface area contributed by atoms with Crippen LogP contribution >= 0.6 is 0 Å². The zero-order valence-corrected chi connectivity index (χ0v) is 13.9. The van der Waals surface area contributed by atoms with Crippen molar-refractivity contribution in [2.24, 2.45) is 0 Å². The number of nitrogens with one attached hydrogen (secondary N) is 3. The molecule has 0 saturated heterocycles. The SMILES string of the molecule is CNc1nc(-c2cccnc2)nc(Oc2cccc(NC=O)c2)c1C=N. The van der Waals surface area contributed by atoms with Crippen molar-refractivity contribution in [1.29, 1.82) is 5.41 Å². The van der Waals surface area contributed by atoms with Gasteiger partial charge in [0, 0.05) is 43.0 Å². The third-order valence-electron chi connectivity index (χ3n) is 3.49. The van der Waals surface area contributed by atoms with Crippen molar-refractivity contribution in [3.8, 4) is 23.0 Å². The lowest BCUT2D eigenvalue weighted by Crippen LogP contribution is -2.05. The van der Waals surface area contributed by atoms with Crippen LogP contribution in [0.25, 0.3) is 11.4 Å². The molecule has 2 aromatic heterocycles. The average Bonchev–Trinajstić information content (AvgIpc) is 2.68. The number of carbonyl (C=O) groups excluding carboxylic acids is 1. The Hall–Kier alpha value is -3.81. The van der Waals surface area contributed by atoms with Crippen LogP contribution in [0.2, 0.25) is 0 Å². The van der Waals surface area contributed by atoms with Crippen LogP contribution in [0.1, 0.15) is 5.56 Å². The Labute approximate surface area is 149 Å². The molecule has 0 spiro atoms. The van der Waals surface area contributed by atoms with Gasteiger partial charge in [0.05, 0.1) is 5.56 Å². The normalized spacial score (nSPS) is 10.0. The number of pyridine rings is 1. The zero-order chi connectivity index (χ0) is 18.4. The highest BCUT2D eigenvalue weighted by Crippen LogP contribution is 2.30. The van der Waals surface area contributed by atoms with E-state index >= 15 is 0 Å². The van der Waals surface area contributed by atoms with E-state index in [0.29, 0.717) is 35.1 Å². The van der Waals surface area contributed by atoms with Gasteiger partial charge in [-0.25, -0.2) is 4.98 Å². The number of hydrogen-bond acceptors (Lipinski definition) is 7. The molecule has 3 aromatic rings. The van der Waals surface area contributed by atoms with Crippen LogP contribution in [0.5, 0.6) is 11.6 Å². The van der Waals surface area contributed by atoms with E-state index < -0.39 is 0 Å². The van der Waals surface area contributed by atoms with Gasteiger partial charge in [-0.05, 0) is 24.3 Å². The van der Waals surface area contributed by atoms with Gasteiger partial charge >= 0.3 is 0 Å². The van der Waals surface area contributed by atoms with E-state index in [1.165, 1.54) is 0 Å². The van der Waals surface area contributed by atoms with Crippen LogP contribution in [0.4, 0.5) is 11.5 Å². The van der Waals surface area contributed by atoms with Crippen LogP contribution < -0.4 is 15.4 Å². The van der Waals surface area contributed by atoms with Crippen molar-refractivity contribution in [3.05, 3.63) is 54.4 Å². The van der Waals surface area contributed by atoms with Crippen LogP contribution in [0.3, 0.4) is 0 Å². The summed E-state index contributed by atoms with van der Waals surface area (Å²) in [6.45, 7) is 0. The molecule has 0 atom stereocenters. The Bertz CT molecular complexity index is 930. The van der Waals surface area contributed by atoms with E-state index in [9.17, 15) is 4.79 Å². The summed E-state index contributed by atoms with van der Waals surface area (Å²) in [7, 11) is 1.71. The second kappa shape index (κ2) is 7.84. The topological polar surface area (TPSA) is 113 Å². The van der Waals surface area contributed by atoms with E-state index in [0.717, 1.165) is 11.8 Å². The summed E-state index contributed by atoms with van der Waals surface area (Å²) in [5.74, 6) is 1.58. The van der Waals surface area contributed by atoms with Crippen molar-refractivity contribution < 1.29 is 9.53 Å². The molecule has 2 heterocycles. The van der Waals surface area contributed by atoms with Crippen molar-refractivity contribution in [3.63, 3.8) is 0 Å². The van der Waals surface area contributed by atoms with Crippen LogP contribution in [0, 0.1) is 5.41 Å². The molecule has 3 rings (SSSR count).